The number of hydrogen-bond acceptors (Lipinski definition) is 2. The van der Waals surface area contributed by atoms with Crippen LogP contribution >= 0.6 is 11.6 Å². The first-order valence-corrected chi connectivity index (χ1v) is 8.84. The summed E-state index contributed by atoms with van der Waals surface area (Å²) in [7, 11) is 0. The van der Waals surface area contributed by atoms with E-state index in [2.05, 4.69) is 10.3 Å². The number of amides is 2. The van der Waals surface area contributed by atoms with Gasteiger partial charge in [0.15, 0.2) is 0 Å². The molecule has 1 saturated heterocycles. The van der Waals surface area contributed by atoms with E-state index in [1.807, 2.05) is 0 Å². The molecule has 2 amide bonds. The fourth-order valence-electron chi connectivity index (χ4n) is 3.72. The molecule has 138 valence electrons. The van der Waals surface area contributed by atoms with E-state index < -0.39 is 23.3 Å². The molecule has 2 aliphatic rings. The molecule has 5 nitrogen and oxygen atoms in total. The van der Waals surface area contributed by atoms with Crippen molar-refractivity contribution in [2.75, 3.05) is 13.1 Å². The lowest BCUT2D eigenvalue weighted by molar-refractivity contribution is -0.132. The zero-order valence-corrected chi connectivity index (χ0v) is 14.9. The molecular weight excluding hydrogens is 364 g/mol. The Bertz CT molecular complexity index is 913. The molecule has 0 radical (unpaired) electrons. The van der Waals surface area contributed by atoms with Gasteiger partial charge in [-0.2, -0.15) is 0 Å². The zero-order valence-electron chi connectivity index (χ0n) is 14.1. The van der Waals surface area contributed by atoms with Crippen LogP contribution in [0.1, 0.15) is 30.3 Å². The Labute approximate surface area is 153 Å². The molecule has 0 unspecified atom stereocenters. The predicted octanol–water partition coefficient (Wildman–Crippen LogP) is 3.20. The average molecular weight is 382 g/mol. The minimum atomic E-state index is -2.67. The van der Waals surface area contributed by atoms with Crippen LogP contribution < -0.4 is 5.32 Å². The Morgan fingerprint density at radius 2 is 2.08 bits per heavy atom. The van der Waals surface area contributed by atoms with Crippen LogP contribution in [-0.4, -0.2) is 46.8 Å². The van der Waals surface area contributed by atoms with Gasteiger partial charge in [0.05, 0.1) is 5.41 Å². The molecule has 4 rings (SSSR count). The second-order valence-corrected chi connectivity index (χ2v) is 7.72. The highest BCUT2D eigenvalue weighted by Crippen LogP contribution is 2.65. The van der Waals surface area contributed by atoms with Gasteiger partial charge in [-0.1, -0.05) is 11.6 Å². The van der Waals surface area contributed by atoms with Crippen molar-refractivity contribution >= 4 is 34.3 Å². The molecule has 2 aromatic rings. The molecule has 1 aliphatic heterocycles. The topological polar surface area (TPSA) is 65.2 Å². The van der Waals surface area contributed by atoms with E-state index in [9.17, 15) is 18.4 Å². The Balaban J connectivity index is 1.41. The lowest BCUT2D eigenvalue weighted by atomic mass is 10.1. The van der Waals surface area contributed by atoms with Gasteiger partial charge in [-0.25, -0.2) is 8.78 Å². The van der Waals surface area contributed by atoms with Gasteiger partial charge in [0, 0.05) is 35.4 Å². The number of alkyl halides is 2. The summed E-state index contributed by atoms with van der Waals surface area (Å²) in [5.41, 5.74) is 0.0348. The maximum absolute atomic E-state index is 13.5. The molecule has 2 heterocycles. The molecular formula is C18H18ClF2N3O2. The van der Waals surface area contributed by atoms with Crippen molar-refractivity contribution in [2.24, 2.45) is 5.41 Å². The molecule has 1 aromatic carbocycles. The normalized spacial score (nSPS) is 24.8. The summed E-state index contributed by atoms with van der Waals surface area (Å²) in [6, 6.07) is 6.08. The largest absolute Gasteiger partial charge is 0.351 e. The maximum atomic E-state index is 13.5. The number of halogens is 3. The third-order valence-electron chi connectivity index (χ3n) is 5.42. The molecule has 2 fully saturated rings. The summed E-state index contributed by atoms with van der Waals surface area (Å²) in [6.07, 6.45) is 0.164. The number of H-pyrrole nitrogens is 1. The van der Waals surface area contributed by atoms with Crippen molar-refractivity contribution in [2.45, 2.75) is 31.7 Å². The monoisotopic (exact) mass is 381 g/mol. The minimum Gasteiger partial charge on any atom is -0.351 e. The van der Waals surface area contributed by atoms with Crippen LogP contribution in [0.4, 0.5) is 8.78 Å². The first-order valence-electron chi connectivity index (χ1n) is 8.47. The fourth-order valence-corrected chi connectivity index (χ4v) is 3.90. The van der Waals surface area contributed by atoms with Crippen LogP contribution in [0.2, 0.25) is 5.02 Å². The summed E-state index contributed by atoms with van der Waals surface area (Å²) < 4.78 is 26.9. The van der Waals surface area contributed by atoms with Gasteiger partial charge in [0.2, 0.25) is 5.91 Å². The molecule has 26 heavy (non-hydrogen) atoms. The summed E-state index contributed by atoms with van der Waals surface area (Å²) in [6.45, 7) is 1.93. The maximum Gasteiger partial charge on any atom is 0.268 e. The number of nitrogens with one attached hydrogen (secondary N) is 2. The molecule has 2 atom stereocenters. The van der Waals surface area contributed by atoms with Gasteiger partial charge < -0.3 is 15.2 Å². The lowest BCUT2D eigenvalue weighted by Gasteiger charge is -2.21. The third-order valence-corrected chi connectivity index (χ3v) is 5.66. The highest BCUT2D eigenvalue weighted by atomic mass is 35.5. The number of fused-ring (bicyclic) bond motifs is 1. The van der Waals surface area contributed by atoms with Crippen LogP contribution in [0.25, 0.3) is 10.9 Å². The van der Waals surface area contributed by atoms with Crippen LogP contribution in [0, 0.1) is 5.41 Å². The highest BCUT2D eigenvalue weighted by molar-refractivity contribution is 6.31. The van der Waals surface area contributed by atoms with Gasteiger partial charge in [-0.15, -0.1) is 0 Å². The Kier molecular flexibility index (Phi) is 3.77. The van der Waals surface area contributed by atoms with Crippen molar-refractivity contribution in [1.29, 1.82) is 0 Å². The smallest absolute Gasteiger partial charge is 0.268 e. The number of aromatic amines is 1. The van der Waals surface area contributed by atoms with E-state index in [4.69, 9.17) is 11.6 Å². The van der Waals surface area contributed by atoms with Crippen LogP contribution in [0.15, 0.2) is 24.3 Å². The van der Waals surface area contributed by atoms with E-state index >= 15 is 0 Å². The molecule has 1 spiro atoms. The molecule has 2 N–H and O–H groups in total. The second-order valence-electron chi connectivity index (χ2n) is 7.28. The second kappa shape index (κ2) is 5.67. The first kappa shape index (κ1) is 17.3. The van der Waals surface area contributed by atoms with Crippen molar-refractivity contribution in [1.82, 2.24) is 15.2 Å². The number of carbonyl (C=O) groups excluding carboxylic acids is 2. The number of rotatable bonds is 3. The van der Waals surface area contributed by atoms with Gasteiger partial charge in [-0.05, 0) is 37.6 Å². The van der Waals surface area contributed by atoms with Gasteiger partial charge >= 0.3 is 0 Å². The summed E-state index contributed by atoms with van der Waals surface area (Å²) >= 11 is 5.94. The first-order chi connectivity index (χ1) is 12.2. The van der Waals surface area contributed by atoms with Crippen LogP contribution in [0.3, 0.4) is 0 Å². The number of aromatic nitrogens is 1. The SMILES string of the molecule is C[C@H](NC(=O)c1cc2cc(Cl)ccc2[nH]1)C(=O)N1CC[C@]2(C1)CC2(F)F. The van der Waals surface area contributed by atoms with Gasteiger partial charge in [-0.3, -0.25) is 9.59 Å². The number of carbonyl (C=O) groups is 2. The number of hydrogen-bond donors (Lipinski definition) is 2. The quantitative estimate of drug-likeness (QED) is 0.857. The minimum absolute atomic E-state index is 0.0595. The van der Waals surface area contributed by atoms with Gasteiger partial charge in [0.1, 0.15) is 11.7 Å². The summed E-state index contributed by atoms with van der Waals surface area (Å²) in [5.74, 6) is -3.43. The summed E-state index contributed by atoms with van der Waals surface area (Å²) in [4.78, 5) is 29.3. The third kappa shape index (κ3) is 2.74. The lowest BCUT2D eigenvalue weighted by Crippen LogP contribution is -2.46. The van der Waals surface area contributed by atoms with Crippen molar-refractivity contribution in [3.05, 3.63) is 35.0 Å². The van der Waals surface area contributed by atoms with Crippen LogP contribution in [-0.2, 0) is 4.79 Å². The van der Waals surface area contributed by atoms with Crippen molar-refractivity contribution in [3.63, 3.8) is 0 Å². The zero-order chi connectivity index (χ0) is 18.7. The fraction of sp³-hybridized carbons (Fsp3) is 0.444. The number of benzene rings is 1. The van der Waals surface area contributed by atoms with Crippen molar-refractivity contribution < 1.29 is 18.4 Å². The Morgan fingerprint density at radius 1 is 1.35 bits per heavy atom. The Hall–Kier alpha value is -2.15. The molecule has 1 saturated carbocycles. The molecule has 0 bridgehead atoms. The van der Waals surface area contributed by atoms with E-state index in [1.54, 1.807) is 31.2 Å². The number of likely N-dealkylation sites (tertiary alicyclic amines) is 1. The highest BCUT2D eigenvalue weighted by Gasteiger charge is 2.73. The van der Waals surface area contributed by atoms with Gasteiger partial charge in [0.25, 0.3) is 11.8 Å². The van der Waals surface area contributed by atoms with E-state index in [-0.39, 0.29) is 18.9 Å². The molecule has 1 aliphatic carbocycles. The Morgan fingerprint density at radius 3 is 2.73 bits per heavy atom. The molecule has 1 aromatic heterocycles. The van der Waals surface area contributed by atoms with E-state index in [0.29, 0.717) is 23.7 Å². The van der Waals surface area contributed by atoms with Crippen LogP contribution in [0.5, 0.6) is 0 Å². The standard InChI is InChI=1S/C18H18ClF2N3O2/c1-10(16(26)24-5-4-17(9-24)8-18(17,20)21)22-15(25)14-7-11-6-12(19)2-3-13(11)23-14/h2-3,6-7,10,23H,4-5,8-9H2,1H3,(H,22,25)/t10-,17+/m0/s1. The molecule has 8 heteroatoms. The summed E-state index contributed by atoms with van der Waals surface area (Å²) in [5, 5.41) is 3.99. The van der Waals surface area contributed by atoms with E-state index in [1.165, 1.54) is 4.90 Å². The van der Waals surface area contributed by atoms with Crippen molar-refractivity contribution in [3.8, 4) is 0 Å². The average Bonchev–Trinajstić information content (AvgIpc) is 2.96. The van der Waals surface area contributed by atoms with E-state index in [0.717, 1.165) is 10.9 Å². The number of nitrogens with zero attached hydrogens (tertiary/aromatic N) is 1. The predicted molar refractivity (Wildman–Crippen MR) is 93.4 cm³/mol.